The Morgan fingerprint density at radius 2 is 2.10 bits per heavy atom. The summed E-state index contributed by atoms with van der Waals surface area (Å²) in [6.07, 6.45) is 0.929. The summed E-state index contributed by atoms with van der Waals surface area (Å²) in [5.41, 5.74) is -0.155. The Bertz CT molecular complexity index is 588. The molecule has 3 N–H and O–H groups in total. The van der Waals surface area contributed by atoms with Crippen LogP contribution in [0.2, 0.25) is 5.02 Å². The molecule has 1 aromatic rings. The molecule has 0 bridgehead atoms. The van der Waals surface area contributed by atoms with E-state index in [1.165, 1.54) is 12.1 Å². The molecular formula is C12H16ClNO5S. The molecule has 1 aromatic carbocycles. The number of benzene rings is 1. The van der Waals surface area contributed by atoms with Crippen LogP contribution in [-0.4, -0.2) is 37.2 Å². The maximum atomic E-state index is 12.2. The highest BCUT2D eigenvalue weighted by Crippen LogP contribution is 2.23. The second-order valence-electron chi connectivity index (χ2n) is 4.34. The van der Waals surface area contributed by atoms with Crippen molar-refractivity contribution in [1.29, 1.82) is 0 Å². The number of hydrogen-bond acceptors (Lipinski definition) is 4. The molecule has 20 heavy (non-hydrogen) atoms. The Morgan fingerprint density at radius 1 is 1.45 bits per heavy atom. The van der Waals surface area contributed by atoms with Gasteiger partial charge in [-0.05, 0) is 38.0 Å². The normalized spacial score (nSPS) is 13.2. The van der Waals surface area contributed by atoms with Crippen LogP contribution in [-0.2, 0) is 10.0 Å². The number of carbonyl (C=O) groups is 1. The van der Waals surface area contributed by atoms with E-state index in [9.17, 15) is 13.2 Å². The van der Waals surface area contributed by atoms with Crippen LogP contribution >= 0.6 is 11.6 Å². The number of carboxylic acid groups (broad SMARTS) is 1. The number of nitrogens with one attached hydrogen (secondary N) is 1. The fraction of sp³-hybridized carbons (Fsp3) is 0.417. The highest BCUT2D eigenvalue weighted by Gasteiger charge is 2.21. The van der Waals surface area contributed by atoms with Crippen LogP contribution in [0.25, 0.3) is 0 Å². The third-order valence-electron chi connectivity index (χ3n) is 2.62. The van der Waals surface area contributed by atoms with Gasteiger partial charge in [0.15, 0.2) is 0 Å². The molecule has 0 amide bonds. The van der Waals surface area contributed by atoms with Gasteiger partial charge >= 0.3 is 5.97 Å². The molecule has 6 nitrogen and oxygen atoms in total. The number of aromatic carboxylic acids is 1. The Hall–Kier alpha value is -1.15. The third-order valence-corrected chi connectivity index (χ3v) is 4.69. The molecule has 1 atom stereocenters. The summed E-state index contributed by atoms with van der Waals surface area (Å²) >= 11 is 5.82. The fourth-order valence-electron chi connectivity index (χ4n) is 1.63. The monoisotopic (exact) mass is 321 g/mol. The maximum Gasteiger partial charge on any atom is 0.335 e. The van der Waals surface area contributed by atoms with Gasteiger partial charge in [0.2, 0.25) is 10.0 Å². The standard InChI is InChI=1S/C12H16ClNO5S/c1-8(3-2-6-15)14-20(18,19)11-7-9(12(16)17)4-5-10(11)13/h4-5,7-8,14-15H,2-3,6H2,1H3,(H,16,17). The van der Waals surface area contributed by atoms with Crippen LogP contribution in [0.3, 0.4) is 0 Å². The third kappa shape index (κ3) is 4.45. The molecule has 0 aliphatic heterocycles. The van der Waals surface area contributed by atoms with Crippen molar-refractivity contribution in [2.45, 2.75) is 30.7 Å². The average Bonchev–Trinajstić information content (AvgIpc) is 2.35. The largest absolute Gasteiger partial charge is 0.478 e. The minimum Gasteiger partial charge on any atom is -0.478 e. The van der Waals surface area contributed by atoms with Crippen molar-refractivity contribution in [3.8, 4) is 0 Å². The van der Waals surface area contributed by atoms with E-state index in [-0.39, 0.29) is 22.1 Å². The Morgan fingerprint density at radius 3 is 2.65 bits per heavy atom. The molecule has 0 saturated heterocycles. The average molecular weight is 322 g/mol. The fourth-order valence-corrected chi connectivity index (χ4v) is 3.43. The first-order valence-electron chi connectivity index (χ1n) is 5.94. The number of aliphatic hydroxyl groups excluding tert-OH is 1. The lowest BCUT2D eigenvalue weighted by molar-refractivity contribution is 0.0696. The molecule has 1 unspecified atom stereocenters. The van der Waals surface area contributed by atoms with Crippen LogP contribution in [0.5, 0.6) is 0 Å². The summed E-state index contributed by atoms with van der Waals surface area (Å²) in [4.78, 5) is 10.6. The van der Waals surface area contributed by atoms with Crippen molar-refractivity contribution in [3.63, 3.8) is 0 Å². The maximum absolute atomic E-state index is 12.2. The Kier molecular flexibility index (Phi) is 5.94. The van der Waals surface area contributed by atoms with Crippen LogP contribution in [0.15, 0.2) is 23.1 Å². The Labute approximate surface area is 122 Å². The van der Waals surface area contributed by atoms with Gasteiger partial charge in [-0.15, -0.1) is 0 Å². The van der Waals surface area contributed by atoms with Gasteiger partial charge in [-0.25, -0.2) is 17.9 Å². The predicted molar refractivity (Wildman–Crippen MR) is 74.5 cm³/mol. The van der Waals surface area contributed by atoms with Crippen molar-refractivity contribution in [3.05, 3.63) is 28.8 Å². The highest BCUT2D eigenvalue weighted by atomic mass is 35.5. The first-order valence-corrected chi connectivity index (χ1v) is 7.80. The molecule has 0 spiro atoms. The predicted octanol–water partition coefficient (Wildman–Crippen LogP) is 1.48. The van der Waals surface area contributed by atoms with Gasteiger partial charge in [0.05, 0.1) is 10.6 Å². The van der Waals surface area contributed by atoms with Gasteiger partial charge in [-0.2, -0.15) is 0 Å². The molecular weight excluding hydrogens is 306 g/mol. The van der Waals surface area contributed by atoms with Crippen molar-refractivity contribution in [1.82, 2.24) is 4.72 Å². The van der Waals surface area contributed by atoms with Gasteiger partial charge in [0, 0.05) is 12.6 Å². The number of carboxylic acids is 1. The second-order valence-corrected chi connectivity index (χ2v) is 6.43. The first kappa shape index (κ1) is 16.9. The lowest BCUT2D eigenvalue weighted by atomic mass is 10.2. The van der Waals surface area contributed by atoms with E-state index in [0.29, 0.717) is 12.8 Å². The molecule has 0 saturated carbocycles. The van der Waals surface area contributed by atoms with Gasteiger partial charge < -0.3 is 10.2 Å². The number of hydrogen-bond donors (Lipinski definition) is 3. The van der Waals surface area contributed by atoms with Gasteiger partial charge in [-0.1, -0.05) is 11.6 Å². The zero-order valence-corrected chi connectivity index (χ0v) is 12.4. The lowest BCUT2D eigenvalue weighted by Crippen LogP contribution is -2.33. The van der Waals surface area contributed by atoms with Gasteiger partial charge in [0.25, 0.3) is 0 Å². The zero-order valence-electron chi connectivity index (χ0n) is 10.8. The molecule has 0 radical (unpaired) electrons. The minimum absolute atomic E-state index is 0.0265. The number of sulfonamides is 1. The number of aliphatic hydroxyl groups is 1. The summed E-state index contributed by atoms with van der Waals surface area (Å²) in [5.74, 6) is -1.23. The van der Waals surface area contributed by atoms with E-state index >= 15 is 0 Å². The van der Waals surface area contributed by atoms with Crippen LogP contribution in [0.4, 0.5) is 0 Å². The smallest absolute Gasteiger partial charge is 0.335 e. The summed E-state index contributed by atoms with van der Waals surface area (Å²) in [5, 5.41) is 17.5. The summed E-state index contributed by atoms with van der Waals surface area (Å²) in [6.45, 7) is 1.63. The SMILES string of the molecule is CC(CCCO)NS(=O)(=O)c1cc(C(=O)O)ccc1Cl. The van der Waals surface area contributed by atoms with Crippen molar-refractivity contribution < 1.29 is 23.4 Å². The molecule has 0 aromatic heterocycles. The lowest BCUT2D eigenvalue weighted by Gasteiger charge is -2.14. The van der Waals surface area contributed by atoms with E-state index in [2.05, 4.69) is 4.72 Å². The van der Waals surface area contributed by atoms with E-state index in [0.717, 1.165) is 6.07 Å². The topological polar surface area (TPSA) is 104 Å². The highest BCUT2D eigenvalue weighted by molar-refractivity contribution is 7.89. The molecule has 0 aliphatic carbocycles. The van der Waals surface area contributed by atoms with Gasteiger partial charge in [0.1, 0.15) is 4.90 Å². The molecule has 8 heteroatoms. The first-order chi connectivity index (χ1) is 9.27. The summed E-state index contributed by atoms with van der Waals surface area (Å²) in [7, 11) is -3.90. The van der Waals surface area contributed by atoms with E-state index in [4.69, 9.17) is 21.8 Å². The van der Waals surface area contributed by atoms with Crippen molar-refractivity contribution in [2.24, 2.45) is 0 Å². The van der Waals surface area contributed by atoms with Crippen LogP contribution in [0.1, 0.15) is 30.1 Å². The van der Waals surface area contributed by atoms with Crippen molar-refractivity contribution in [2.75, 3.05) is 6.61 Å². The van der Waals surface area contributed by atoms with E-state index in [1.807, 2.05) is 0 Å². The summed E-state index contributed by atoms with van der Waals surface area (Å²) in [6, 6.07) is 3.10. The second kappa shape index (κ2) is 7.03. The quantitative estimate of drug-likeness (QED) is 0.705. The molecule has 0 heterocycles. The zero-order chi connectivity index (χ0) is 15.3. The molecule has 112 valence electrons. The van der Waals surface area contributed by atoms with Crippen LogP contribution < -0.4 is 4.72 Å². The van der Waals surface area contributed by atoms with Gasteiger partial charge in [-0.3, -0.25) is 0 Å². The Balaban J connectivity index is 3.03. The molecule has 0 fully saturated rings. The number of rotatable bonds is 7. The van der Waals surface area contributed by atoms with Crippen LogP contribution in [0, 0.1) is 0 Å². The molecule has 0 aliphatic rings. The summed E-state index contributed by atoms with van der Waals surface area (Å²) < 4.78 is 26.7. The molecule has 1 rings (SSSR count). The van der Waals surface area contributed by atoms with E-state index in [1.54, 1.807) is 6.92 Å². The van der Waals surface area contributed by atoms with E-state index < -0.39 is 22.0 Å². The van der Waals surface area contributed by atoms with Crippen molar-refractivity contribution >= 4 is 27.6 Å². The minimum atomic E-state index is -3.90. The number of halogens is 1.